The number of hydrogen-bond acceptors (Lipinski definition) is 4. The van der Waals surface area contributed by atoms with Crippen LogP contribution in [-0.4, -0.2) is 30.9 Å². The maximum atomic E-state index is 13.5. The molecule has 0 spiro atoms. The Morgan fingerprint density at radius 2 is 1.75 bits per heavy atom. The molecule has 1 saturated carbocycles. The van der Waals surface area contributed by atoms with Crippen LogP contribution < -0.4 is 0 Å². The first-order valence-electron chi connectivity index (χ1n) is 10.8. The fraction of sp³-hybridized carbons (Fsp3) is 0.240. The number of benzene rings is 2. The van der Waals surface area contributed by atoms with Crippen molar-refractivity contribution in [2.45, 2.75) is 38.1 Å². The summed E-state index contributed by atoms with van der Waals surface area (Å²) in [7, 11) is 0. The Hall–Kier alpha value is -2.77. The van der Waals surface area contributed by atoms with Gasteiger partial charge in [0.05, 0.1) is 16.3 Å². The van der Waals surface area contributed by atoms with E-state index in [1.165, 1.54) is 30.3 Å². The highest BCUT2D eigenvalue weighted by Crippen LogP contribution is 2.38. The van der Waals surface area contributed by atoms with E-state index >= 15 is 0 Å². The van der Waals surface area contributed by atoms with Gasteiger partial charge in [0, 0.05) is 23.4 Å². The molecule has 0 N–H and O–H groups in total. The van der Waals surface area contributed by atoms with Crippen LogP contribution in [0, 0.1) is 5.82 Å². The van der Waals surface area contributed by atoms with E-state index in [1.54, 1.807) is 16.8 Å². The van der Waals surface area contributed by atoms with Gasteiger partial charge in [-0.1, -0.05) is 61.4 Å². The number of para-hydroxylation sites is 1. The molecule has 4 nitrogen and oxygen atoms in total. The quantitative estimate of drug-likeness (QED) is 0.340. The molecule has 1 aliphatic heterocycles. The zero-order valence-electron chi connectivity index (χ0n) is 17.4. The summed E-state index contributed by atoms with van der Waals surface area (Å²) in [6.07, 6.45) is 9.28. The van der Waals surface area contributed by atoms with Crippen molar-refractivity contribution in [2.75, 3.05) is 0 Å². The molecule has 0 atom stereocenters. The van der Waals surface area contributed by atoms with Gasteiger partial charge in [0.1, 0.15) is 10.1 Å². The molecule has 1 aliphatic carbocycles. The molecule has 2 heterocycles. The monoisotopic (exact) mass is 463 g/mol. The van der Waals surface area contributed by atoms with Crippen LogP contribution in [0.25, 0.3) is 23.0 Å². The summed E-state index contributed by atoms with van der Waals surface area (Å²) in [4.78, 5) is 15.7. The SMILES string of the molecule is O=C1/C(=C/c2cn(-c3ccccc3)nc2-c2ccc(F)cc2)SC(=S)N1C1CCCCC1. The topological polar surface area (TPSA) is 38.1 Å². The van der Waals surface area contributed by atoms with Crippen LogP contribution in [0.1, 0.15) is 37.7 Å². The maximum absolute atomic E-state index is 13.5. The standard InChI is InChI=1S/C25H22FN3OS2/c26-19-13-11-17(12-14-19)23-18(16-28(27-23)20-7-3-1-4-8-20)15-22-24(30)29(25(31)32-22)21-9-5-2-6-10-21/h1,3-4,7-8,11-16,21H,2,5-6,9-10H2/b22-15-. The Morgan fingerprint density at radius 3 is 2.47 bits per heavy atom. The predicted molar refractivity (Wildman–Crippen MR) is 131 cm³/mol. The summed E-state index contributed by atoms with van der Waals surface area (Å²) >= 11 is 6.93. The number of halogens is 1. The third kappa shape index (κ3) is 4.14. The van der Waals surface area contributed by atoms with Gasteiger partial charge in [0.15, 0.2) is 0 Å². The molecule has 0 radical (unpaired) electrons. The van der Waals surface area contributed by atoms with E-state index in [0.717, 1.165) is 42.5 Å². The van der Waals surface area contributed by atoms with Crippen LogP contribution in [0.5, 0.6) is 0 Å². The number of rotatable bonds is 4. The van der Waals surface area contributed by atoms with E-state index in [4.69, 9.17) is 17.3 Å². The van der Waals surface area contributed by atoms with Crippen molar-refractivity contribution in [3.63, 3.8) is 0 Å². The van der Waals surface area contributed by atoms with Crippen molar-refractivity contribution < 1.29 is 9.18 Å². The second kappa shape index (κ2) is 9.00. The molecule has 2 fully saturated rings. The number of carbonyl (C=O) groups is 1. The van der Waals surface area contributed by atoms with Gasteiger partial charge in [-0.3, -0.25) is 9.69 Å². The van der Waals surface area contributed by atoms with Crippen LogP contribution >= 0.6 is 24.0 Å². The lowest BCUT2D eigenvalue weighted by Crippen LogP contribution is -2.39. The summed E-state index contributed by atoms with van der Waals surface area (Å²) < 4.78 is 15.9. The Kier molecular flexibility index (Phi) is 5.93. The van der Waals surface area contributed by atoms with Gasteiger partial charge in [-0.05, 0) is 55.3 Å². The molecule has 2 aromatic carbocycles. The molecule has 7 heteroatoms. The van der Waals surface area contributed by atoms with Gasteiger partial charge in [0.2, 0.25) is 0 Å². The summed E-state index contributed by atoms with van der Waals surface area (Å²) in [5.41, 5.74) is 3.18. The smallest absolute Gasteiger partial charge is 0.266 e. The van der Waals surface area contributed by atoms with E-state index in [2.05, 4.69) is 0 Å². The molecule has 1 amide bonds. The Labute approximate surface area is 196 Å². The van der Waals surface area contributed by atoms with Crippen molar-refractivity contribution in [3.8, 4) is 16.9 Å². The molecule has 32 heavy (non-hydrogen) atoms. The zero-order valence-corrected chi connectivity index (χ0v) is 19.0. The molecule has 1 aromatic heterocycles. The Bertz CT molecular complexity index is 1180. The summed E-state index contributed by atoms with van der Waals surface area (Å²) in [6.45, 7) is 0. The Balaban J connectivity index is 1.54. The van der Waals surface area contributed by atoms with Crippen LogP contribution in [-0.2, 0) is 4.79 Å². The first-order valence-corrected chi connectivity index (χ1v) is 12.0. The third-order valence-electron chi connectivity index (χ3n) is 5.93. The van der Waals surface area contributed by atoms with Crippen molar-refractivity contribution in [1.82, 2.24) is 14.7 Å². The van der Waals surface area contributed by atoms with Gasteiger partial charge in [-0.15, -0.1) is 0 Å². The first kappa shape index (κ1) is 21.1. The fourth-order valence-corrected chi connectivity index (χ4v) is 5.70. The highest BCUT2D eigenvalue weighted by molar-refractivity contribution is 8.26. The minimum absolute atomic E-state index is 0.0237. The van der Waals surface area contributed by atoms with Crippen molar-refractivity contribution in [2.24, 2.45) is 0 Å². The van der Waals surface area contributed by atoms with Gasteiger partial charge >= 0.3 is 0 Å². The first-order chi connectivity index (χ1) is 15.6. The number of thioether (sulfide) groups is 1. The van der Waals surface area contributed by atoms with E-state index < -0.39 is 0 Å². The number of aromatic nitrogens is 2. The van der Waals surface area contributed by atoms with Gasteiger partial charge < -0.3 is 0 Å². The average molecular weight is 464 g/mol. The highest BCUT2D eigenvalue weighted by Gasteiger charge is 2.37. The number of nitrogens with zero attached hydrogens (tertiary/aromatic N) is 3. The third-order valence-corrected chi connectivity index (χ3v) is 7.26. The van der Waals surface area contributed by atoms with Gasteiger partial charge in [-0.2, -0.15) is 5.10 Å². The lowest BCUT2D eigenvalue weighted by molar-refractivity contribution is -0.124. The number of carbonyl (C=O) groups excluding carboxylic acids is 1. The summed E-state index contributed by atoms with van der Waals surface area (Å²) in [6, 6.07) is 16.2. The van der Waals surface area contributed by atoms with Crippen LogP contribution in [0.4, 0.5) is 4.39 Å². The lowest BCUT2D eigenvalue weighted by atomic mass is 9.94. The second-order valence-electron chi connectivity index (χ2n) is 8.06. The fourth-order valence-electron chi connectivity index (χ4n) is 4.31. The van der Waals surface area contributed by atoms with Crippen molar-refractivity contribution in [1.29, 1.82) is 0 Å². The van der Waals surface area contributed by atoms with E-state index in [1.807, 2.05) is 47.5 Å². The molecule has 2 aliphatic rings. The van der Waals surface area contributed by atoms with Gasteiger partial charge in [-0.25, -0.2) is 9.07 Å². The molecule has 0 unspecified atom stereocenters. The highest BCUT2D eigenvalue weighted by atomic mass is 32.2. The molecule has 0 bridgehead atoms. The average Bonchev–Trinajstić information content (AvgIpc) is 3.36. The van der Waals surface area contributed by atoms with Crippen molar-refractivity contribution >= 4 is 40.3 Å². The van der Waals surface area contributed by atoms with Crippen LogP contribution in [0.2, 0.25) is 0 Å². The second-order valence-corrected chi connectivity index (χ2v) is 9.74. The van der Waals surface area contributed by atoms with Crippen LogP contribution in [0.3, 0.4) is 0 Å². The molecule has 1 saturated heterocycles. The molecular weight excluding hydrogens is 441 g/mol. The van der Waals surface area contributed by atoms with Gasteiger partial charge in [0.25, 0.3) is 5.91 Å². The maximum Gasteiger partial charge on any atom is 0.266 e. The molecule has 162 valence electrons. The van der Waals surface area contributed by atoms with Crippen molar-refractivity contribution in [3.05, 3.63) is 77.1 Å². The molecule has 5 rings (SSSR count). The molecule has 3 aromatic rings. The normalized spacial score (nSPS) is 18.7. The lowest BCUT2D eigenvalue weighted by Gasteiger charge is -2.29. The largest absolute Gasteiger partial charge is 0.290 e. The summed E-state index contributed by atoms with van der Waals surface area (Å²) in [5.74, 6) is -0.324. The Morgan fingerprint density at radius 1 is 1.03 bits per heavy atom. The zero-order chi connectivity index (χ0) is 22.1. The van der Waals surface area contributed by atoms with E-state index in [-0.39, 0.29) is 17.8 Å². The number of hydrogen-bond donors (Lipinski definition) is 0. The molecular formula is C25H22FN3OS2. The minimum atomic E-state index is -0.300. The van der Waals surface area contributed by atoms with Crippen LogP contribution in [0.15, 0.2) is 65.7 Å². The number of thiocarbonyl (C=S) groups is 1. The minimum Gasteiger partial charge on any atom is -0.290 e. The predicted octanol–water partition coefficient (Wildman–Crippen LogP) is 6.21. The summed E-state index contributed by atoms with van der Waals surface area (Å²) in [5, 5.41) is 4.76. The van der Waals surface area contributed by atoms with E-state index in [9.17, 15) is 9.18 Å². The van der Waals surface area contributed by atoms with E-state index in [0.29, 0.717) is 14.9 Å². The number of amides is 1.